The van der Waals surface area contributed by atoms with E-state index in [-0.39, 0.29) is 5.91 Å². The van der Waals surface area contributed by atoms with Gasteiger partial charge in [0.1, 0.15) is 6.04 Å². The average Bonchev–Trinajstić information content (AvgIpc) is 2.53. The first-order chi connectivity index (χ1) is 10.2. The SMILES string of the molecule is N#CC1c2ccccc2C=CN1C(=O)c1ccccc1I. The van der Waals surface area contributed by atoms with Gasteiger partial charge in [0.25, 0.3) is 5.91 Å². The largest absolute Gasteiger partial charge is 0.294 e. The van der Waals surface area contributed by atoms with Crippen LogP contribution in [0.15, 0.2) is 54.7 Å². The highest BCUT2D eigenvalue weighted by molar-refractivity contribution is 14.1. The highest BCUT2D eigenvalue weighted by Crippen LogP contribution is 2.31. The molecule has 3 nitrogen and oxygen atoms in total. The second-order valence-electron chi connectivity index (χ2n) is 4.67. The summed E-state index contributed by atoms with van der Waals surface area (Å²) in [5.74, 6) is -0.155. The van der Waals surface area contributed by atoms with Gasteiger partial charge < -0.3 is 0 Å². The minimum Gasteiger partial charge on any atom is -0.294 e. The van der Waals surface area contributed by atoms with Crippen molar-refractivity contribution >= 4 is 34.6 Å². The first-order valence-corrected chi connectivity index (χ1v) is 7.54. The standard InChI is InChI=1S/C17H11IN2O/c18-15-8-4-3-7-14(15)17(21)20-10-9-12-5-1-2-6-13(12)16(20)11-19/h1-10,16H. The van der Waals surface area contributed by atoms with Crippen molar-refractivity contribution in [2.45, 2.75) is 6.04 Å². The molecule has 0 N–H and O–H groups in total. The number of nitriles is 1. The summed E-state index contributed by atoms with van der Waals surface area (Å²) in [6, 6.07) is 16.7. The van der Waals surface area contributed by atoms with E-state index in [4.69, 9.17) is 0 Å². The van der Waals surface area contributed by atoms with Crippen molar-refractivity contribution in [3.8, 4) is 6.07 Å². The number of fused-ring (bicyclic) bond motifs is 1. The predicted molar refractivity (Wildman–Crippen MR) is 89.2 cm³/mol. The van der Waals surface area contributed by atoms with Crippen LogP contribution in [0.1, 0.15) is 27.5 Å². The fourth-order valence-electron chi connectivity index (χ4n) is 2.40. The van der Waals surface area contributed by atoms with Crippen molar-refractivity contribution in [1.82, 2.24) is 4.90 Å². The summed E-state index contributed by atoms with van der Waals surface area (Å²) < 4.78 is 0.879. The molecule has 2 aromatic rings. The number of nitrogens with zero attached hydrogens (tertiary/aromatic N) is 2. The van der Waals surface area contributed by atoms with Crippen LogP contribution in [0.25, 0.3) is 6.08 Å². The number of halogens is 1. The van der Waals surface area contributed by atoms with E-state index in [1.54, 1.807) is 12.3 Å². The first kappa shape index (κ1) is 13.8. The van der Waals surface area contributed by atoms with Crippen LogP contribution in [-0.4, -0.2) is 10.8 Å². The molecular formula is C17H11IN2O. The van der Waals surface area contributed by atoms with E-state index >= 15 is 0 Å². The average molecular weight is 386 g/mol. The van der Waals surface area contributed by atoms with E-state index in [0.717, 1.165) is 14.7 Å². The highest BCUT2D eigenvalue weighted by atomic mass is 127. The van der Waals surface area contributed by atoms with Gasteiger partial charge in [-0.05, 0) is 51.9 Å². The maximum atomic E-state index is 12.7. The molecule has 21 heavy (non-hydrogen) atoms. The lowest BCUT2D eigenvalue weighted by molar-refractivity contribution is 0.0793. The first-order valence-electron chi connectivity index (χ1n) is 6.46. The summed E-state index contributed by atoms with van der Waals surface area (Å²) in [4.78, 5) is 14.2. The van der Waals surface area contributed by atoms with Crippen LogP contribution in [0.3, 0.4) is 0 Å². The Bertz CT molecular complexity index is 776. The third-order valence-corrected chi connectivity index (χ3v) is 4.39. The summed E-state index contributed by atoms with van der Waals surface area (Å²) >= 11 is 2.14. The van der Waals surface area contributed by atoms with Gasteiger partial charge in [0.15, 0.2) is 0 Å². The van der Waals surface area contributed by atoms with Gasteiger partial charge in [0.2, 0.25) is 0 Å². The molecule has 0 saturated heterocycles. The van der Waals surface area contributed by atoms with E-state index in [1.165, 1.54) is 4.90 Å². The van der Waals surface area contributed by atoms with Gasteiger partial charge in [-0.15, -0.1) is 0 Å². The molecule has 2 aromatic carbocycles. The summed E-state index contributed by atoms with van der Waals surface area (Å²) in [5.41, 5.74) is 2.46. The molecule has 0 aliphatic carbocycles. The van der Waals surface area contributed by atoms with Gasteiger partial charge in [0.05, 0.1) is 11.6 Å². The lowest BCUT2D eigenvalue weighted by Gasteiger charge is -2.28. The number of hydrogen-bond acceptors (Lipinski definition) is 2. The lowest BCUT2D eigenvalue weighted by atomic mass is 9.96. The van der Waals surface area contributed by atoms with E-state index < -0.39 is 6.04 Å². The monoisotopic (exact) mass is 386 g/mol. The van der Waals surface area contributed by atoms with Gasteiger partial charge in [-0.1, -0.05) is 36.4 Å². The number of carbonyl (C=O) groups is 1. The van der Waals surface area contributed by atoms with E-state index in [1.807, 2.05) is 48.5 Å². The van der Waals surface area contributed by atoms with E-state index in [2.05, 4.69) is 28.7 Å². The number of rotatable bonds is 1. The Labute approximate surface area is 136 Å². The molecular weight excluding hydrogens is 375 g/mol. The van der Waals surface area contributed by atoms with Crippen molar-refractivity contribution in [3.63, 3.8) is 0 Å². The zero-order chi connectivity index (χ0) is 14.8. The second-order valence-corrected chi connectivity index (χ2v) is 5.83. The Morgan fingerprint density at radius 1 is 1.14 bits per heavy atom. The Hall–Kier alpha value is -2.13. The van der Waals surface area contributed by atoms with Gasteiger partial charge in [0, 0.05) is 9.77 Å². The van der Waals surface area contributed by atoms with Gasteiger partial charge in [-0.2, -0.15) is 5.26 Å². The Morgan fingerprint density at radius 3 is 2.62 bits per heavy atom. The minimum atomic E-state index is -0.588. The molecule has 0 radical (unpaired) electrons. The minimum absolute atomic E-state index is 0.155. The van der Waals surface area contributed by atoms with Crippen LogP contribution in [0.2, 0.25) is 0 Å². The van der Waals surface area contributed by atoms with Gasteiger partial charge >= 0.3 is 0 Å². The Balaban J connectivity index is 2.03. The number of carbonyl (C=O) groups excluding carboxylic acids is 1. The fraction of sp³-hybridized carbons (Fsp3) is 0.0588. The Kier molecular flexibility index (Phi) is 3.76. The van der Waals surface area contributed by atoms with Crippen molar-refractivity contribution in [1.29, 1.82) is 5.26 Å². The molecule has 1 heterocycles. The maximum Gasteiger partial charge on any atom is 0.260 e. The van der Waals surface area contributed by atoms with Gasteiger partial charge in [-0.25, -0.2) is 0 Å². The van der Waals surface area contributed by atoms with Crippen LogP contribution >= 0.6 is 22.6 Å². The smallest absolute Gasteiger partial charge is 0.260 e. The van der Waals surface area contributed by atoms with E-state index in [0.29, 0.717) is 5.56 Å². The lowest BCUT2D eigenvalue weighted by Crippen LogP contribution is -2.32. The summed E-state index contributed by atoms with van der Waals surface area (Å²) in [6.07, 6.45) is 3.57. The highest BCUT2D eigenvalue weighted by Gasteiger charge is 2.29. The molecule has 102 valence electrons. The number of amides is 1. The molecule has 0 fully saturated rings. The maximum absolute atomic E-state index is 12.7. The topological polar surface area (TPSA) is 44.1 Å². The van der Waals surface area contributed by atoms with Crippen molar-refractivity contribution < 1.29 is 4.79 Å². The second kappa shape index (κ2) is 5.70. The van der Waals surface area contributed by atoms with Crippen LogP contribution in [0.4, 0.5) is 0 Å². The fourth-order valence-corrected chi connectivity index (χ4v) is 3.02. The molecule has 1 atom stereocenters. The predicted octanol–water partition coefficient (Wildman–Crippen LogP) is 3.98. The molecule has 1 amide bonds. The number of benzene rings is 2. The number of hydrogen-bond donors (Lipinski definition) is 0. The van der Waals surface area contributed by atoms with Gasteiger partial charge in [-0.3, -0.25) is 9.69 Å². The van der Waals surface area contributed by atoms with Crippen LogP contribution in [0.5, 0.6) is 0 Å². The van der Waals surface area contributed by atoms with Crippen molar-refractivity contribution in [2.24, 2.45) is 0 Å². The molecule has 4 heteroatoms. The van der Waals surface area contributed by atoms with Crippen molar-refractivity contribution in [2.75, 3.05) is 0 Å². The van der Waals surface area contributed by atoms with E-state index in [9.17, 15) is 10.1 Å². The molecule has 3 rings (SSSR count). The van der Waals surface area contributed by atoms with Crippen molar-refractivity contribution in [3.05, 3.63) is 75.0 Å². The van der Waals surface area contributed by atoms with Crippen LogP contribution < -0.4 is 0 Å². The van der Waals surface area contributed by atoms with Crippen LogP contribution in [0, 0.1) is 14.9 Å². The zero-order valence-electron chi connectivity index (χ0n) is 11.0. The molecule has 1 unspecified atom stereocenters. The summed E-state index contributed by atoms with van der Waals surface area (Å²) in [6.45, 7) is 0. The summed E-state index contributed by atoms with van der Waals surface area (Å²) in [5, 5.41) is 9.49. The van der Waals surface area contributed by atoms with Crippen LogP contribution in [-0.2, 0) is 0 Å². The quantitative estimate of drug-likeness (QED) is 0.696. The molecule has 1 aliphatic heterocycles. The third-order valence-electron chi connectivity index (χ3n) is 3.44. The summed E-state index contributed by atoms with van der Waals surface area (Å²) in [7, 11) is 0. The Morgan fingerprint density at radius 2 is 1.86 bits per heavy atom. The third kappa shape index (κ3) is 2.45. The molecule has 0 aromatic heterocycles. The molecule has 0 saturated carbocycles. The zero-order valence-corrected chi connectivity index (χ0v) is 13.2. The molecule has 0 spiro atoms. The molecule has 0 bridgehead atoms. The normalized spacial score (nSPS) is 16.2. The molecule has 1 aliphatic rings.